The van der Waals surface area contributed by atoms with E-state index in [4.69, 9.17) is 5.73 Å². The Hall–Kier alpha value is -1.77. The van der Waals surface area contributed by atoms with Crippen LogP contribution < -0.4 is 10.6 Å². The van der Waals surface area contributed by atoms with Crippen molar-refractivity contribution < 1.29 is 0 Å². The molecular weight excluding hydrogens is 222 g/mol. The summed E-state index contributed by atoms with van der Waals surface area (Å²) in [5.41, 5.74) is 6.96. The fourth-order valence-corrected chi connectivity index (χ4v) is 2.86. The van der Waals surface area contributed by atoms with Gasteiger partial charge in [0.2, 0.25) is 0 Å². The summed E-state index contributed by atoms with van der Waals surface area (Å²) in [6.45, 7) is 4.48. The fraction of sp³-hybridized carbons (Fsp3) is 0.400. The molecule has 1 aliphatic rings. The second kappa shape index (κ2) is 4.48. The Morgan fingerprint density at radius 1 is 1.33 bits per heavy atom. The minimum atomic E-state index is 0.737. The summed E-state index contributed by atoms with van der Waals surface area (Å²) in [4.78, 5) is 6.95. The van der Waals surface area contributed by atoms with Gasteiger partial charge in [-0.1, -0.05) is 19.1 Å². The van der Waals surface area contributed by atoms with E-state index in [0.29, 0.717) is 0 Å². The molecule has 3 rings (SSSR count). The van der Waals surface area contributed by atoms with Gasteiger partial charge in [0.05, 0.1) is 0 Å². The number of rotatable bonds is 1. The van der Waals surface area contributed by atoms with Gasteiger partial charge >= 0.3 is 0 Å². The van der Waals surface area contributed by atoms with Crippen molar-refractivity contribution in [2.75, 3.05) is 23.7 Å². The lowest BCUT2D eigenvalue weighted by Crippen LogP contribution is -2.35. The van der Waals surface area contributed by atoms with Crippen molar-refractivity contribution in [3.05, 3.63) is 30.5 Å². The first-order chi connectivity index (χ1) is 8.75. The molecule has 2 N–H and O–H groups in total. The van der Waals surface area contributed by atoms with Crippen LogP contribution in [0.2, 0.25) is 0 Å². The Bertz CT molecular complexity index is 559. The highest BCUT2D eigenvalue weighted by Crippen LogP contribution is 2.31. The number of nitrogens with two attached hydrogens (primary N) is 1. The van der Waals surface area contributed by atoms with Crippen LogP contribution in [0.5, 0.6) is 0 Å². The van der Waals surface area contributed by atoms with Crippen LogP contribution in [0.15, 0.2) is 30.5 Å². The summed E-state index contributed by atoms with van der Waals surface area (Å²) >= 11 is 0. The van der Waals surface area contributed by atoms with Crippen molar-refractivity contribution in [3.63, 3.8) is 0 Å². The van der Waals surface area contributed by atoms with Crippen molar-refractivity contribution in [2.24, 2.45) is 5.92 Å². The molecule has 0 radical (unpaired) electrons. The van der Waals surface area contributed by atoms with Crippen molar-refractivity contribution in [2.45, 2.75) is 19.8 Å². The molecule has 0 bridgehead atoms. The van der Waals surface area contributed by atoms with E-state index < -0.39 is 0 Å². The molecular formula is C15H19N3. The zero-order valence-electron chi connectivity index (χ0n) is 10.8. The van der Waals surface area contributed by atoms with Gasteiger partial charge in [-0.15, -0.1) is 0 Å². The average molecular weight is 241 g/mol. The molecule has 18 heavy (non-hydrogen) atoms. The molecule has 0 spiro atoms. The predicted octanol–water partition coefficient (Wildman–Crippen LogP) is 3.05. The molecule has 2 aromatic rings. The molecule has 0 saturated carbocycles. The number of benzene rings is 1. The molecule has 1 aromatic heterocycles. The van der Waals surface area contributed by atoms with Crippen molar-refractivity contribution in [1.29, 1.82) is 0 Å². The molecule has 1 saturated heterocycles. The van der Waals surface area contributed by atoms with Gasteiger partial charge < -0.3 is 10.6 Å². The Morgan fingerprint density at radius 3 is 3.06 bits per heavy atom. The van der Waals surface area contributed by atoms with Gasteiger partial charge in [0.15, 0.2) is 0 Å². The summed E-state index contributed by atoms with van der Waals surface area (Å²) < 4.78 is 0. The van der Waals surface area contributed by atoms with Crippen molar-refractivity contribution in [1.82, 2.24) is 4.98 Å². The van der Waals surface area contributed by atoms with Gasteiger partial charge in [0.25, 0.3) is 0 Å². The normalized spacial score (nSPS) is 20.3. The quantitative estimate of drug-likeness (QED) is 0.780. The van der Waals surface area contributed by atoms with Crippen LogP contribution >= 0.6 is 0 Å². The standard InChI is InChI=1S/C15H19N3/c1-11-4-3-9-18(10-11)15-14-12(7-8-17-15)5-2-6-13(14)16/h2,5-8,11H,3-4,9-10,16H2,1H3. The maximum Gasteiger partial charge on any atom is 0.138 e. The van der Waals surface area contributed by atoms with Gasteiger partial charge in [-0.25, -0.2) is 4.98 Å². The Labute approximate surface area is 108 Å². The molecule has 3 heteroatoms. The van der Waals surface area contributed by atoms with Gasteiger partial charge in [0.1, 0.15) is 5.82 Å². The number of nitrogen functional groups attached to an aromatic ring is 1. The highest BCUT2D eigenvalue weighted by atomic mass is 15.2. The summed E-state index contributed by atoms with van der Waals surface area (Å²) in [6, 6.07) is 8.09. The van der Waals surface area contributed by atoms with Crippen LogP contribution in [0.1, 0.15) is 19.8 Å². The SMILES string of the molecule is CC1CCCN(c2nccc3cccc(N)c23)C1. The number of pyridine rings is 1. The Balaban J connectivity index is 2.11. The van der Waals surface area contributed by atoms with E-state index in [0.717, 1.165) is 35.9 Å². The van der Waals surface area contributed by atoms with Crippen LogP contribution in [-0.2, 0) is 0 Å². The fourth-order valence-electron chi connectivity index (χ4n) is 2.86. The minimum Gasteiger partial charge on any atom is -0.398 e. The van der Waals surface area contributed by atoms with E-state index in [1.165, 1.54) is 18.2 Å². The summed E-state index contributed by atoms with van der Waals surface area (Å²) in [5.74, 6) is 1.79. The van der Waals surface area contributed by atoms with Crippen LogP contribution in [0.25, 0.3) is 10.8 Å². The first-order valence-corrected chi connectivity index (χ1v) is 6.64. The van der Waals surface area contributed by atoms with Gasteiger partial charge in [-0.3, -0.25) is 0 Å². The van der Waals surface area contributed by atoms with E-state index in [2.05, 4.69) is 22.9 Å². The third-order valence-corrected chi connectivity index (χ3v) is 3.76. The van der Waals surface area contributed by atoms with Gasteiger partial charge in [-0.2, -0.15) is 0 Å². The second-order valence-electron chi connectivity index (χ2n) is 5.27. The first kappa shape index (κ1) is 11.3. The largest absolute Gasteiger partial charge is 0.398 e. The number of fused-ring (bicyclic) bond motifs is 1. The van der Waals surface area contributed by atoms with Crippen LogP contribution in [0, 0.1) is 5.92 Å². The molecule has 1 fully saturated rings. The minimum absolute atomic E-state index is 0.737. The van der Waals surface area contributed by atoms with Gasteiger partial charge in [-0.05, 0) is 36.3 Å². The number of hydrogen-bond donors (Lipinski definition) is 1. The molecule has 0 aliphatic carbocycles. The van der Waals surface area contributed by atoms with Crippen LogP contribution in [-0.4, -0.2) is 18.1 Å². The molecule has 0 amide bonds. The third-order valence-electron chi connectivity index (χ3n) is 3.76. The van der Waals surface area contributed by atoms with Crippen LogP contribution in [0.4, 0.5) is 11.5 Å². The number of hydrogen-bond acceptors (Lipinski definition) is 3. The second-order valence-corrected chi connectivity index (χ2v) is 5.27. The lowest BCUT2D eigenvalue weighted by atomic mass is 9.99. The van der Waals surface area contributed by atoms with E-state index >= 15 is 0 Å². The number of aromatic nitrogens is 1. The van der Waals surface area contributed by atoms with Crippen molar-refractivity contribution in [3.8, 4) is 0 Å². The molecule has 1 aliphatic heterocycles. The summed E-state index contributed by atoms with van der Waals surface area (Å²) in [7, 11) is 0. The maximum absolute atomic E-state index is 6.13. The smallest absolute Gasteiger partial charge is 0.138 e. The predicted molar refractivity (Wildman–Crippen MR) is 76.8 cm³/mol. The molecule has 1 unspecified atom stereocenters. The van der Waals surface area contributed by atoms with E-state index in [-0.39, 0.29) is 0 Å². The van der Waals surface area contributed by atoms with E-state index in [9.17, 15) is 0 Å². The molecule has 94 valence electrons. The Morgan fingerprint density at radius 2 is 2.22 bits per heavy atom. The Kier molecular flexibility index (Phi) is 2.82. The lowest BCUT2D eigenvalue weighted by Gasteiger charge is -2.32. The highest BCUT2D eigenvalue weighted by molar-refractivity contribution is 6.00. The number of anilines is 2. The average Bonchev–Trinajstić information content (AvgIpc) is 2.38. The molecule has 3 nitrogen and oxygen atoms in total. The topological polar surface area (TPSA) is 42.2 Å². The molecule has 1 atom stereocenters. The molecule has 1 aromatic carbocycles. The summed E-state index contributed by atoms with van der Waals surface area (Å²) in [6.07, 6.45) is 4.44. The maximum atomic E-state index is 6.13. The number of piperidine rings is 1. The van der Waals surface area contributed by atoms with Crippen LogP contribution in [0.3, 0.4) is 0 Å². The monoisotopic (exact) mass is 241 g/mol. The van der Waals surface area contributed by atoms with E-state index in [1.807, 2.05) is 24.4 Å². The highest BCUT2D eigenvalue weighted by Gasteiger charge is 2.19. The third kappa shape index (κ3) is 1.90. The zero-order valence-corrected chi connectivity index (χ0v) is 10.8. The number of nitrogens with zero attached hydrogens (tertiary/aromatic N) is 2. The lowest BCUT2D eigenvalue weighted by molar-refractivity contribution is 0.445. The van der Waals surface area contributed by atoms with E-state index in [1.54, 1.807) is 0 Å². The first-order valence-electron chi connectivity index (χ1n) is 6.64. The van der Waals surface area contributed by atoms with Crippen molar-refractivity contribution >= 4 is 22.3 Å². The summed E-state index contributed by atoms with van der Waals surface area (Å²) in [5, 5.41) is 2.28. The zero-order chi connectivity index (χ0) is 12.5. The van der Waals surface area contributed by atoms with Gasteiger partial charge in [0, 0.05) is 30.4 Å². The molecule has 2 heterocycles.